The number of rotatable bonds is 3. The molecule has 0 radical (unpaired) electrons. The third-order valence-corrected chi connectivity index (χ3v) is 3.64. The van der Waals surface area contributed by atoms with Crippen LogP contribution in [0.1, 0.15) is 11.5 Å². The van der Waals surface area contributed by atoms with Gasteiger partial charge in [-0.3, -0.25) is 14.2 Å². The molecule has 0 spiro atoms. The lowest BCUT2D eigenvalue weighted by Crippen LogP contribution is -2.30. The number of aryl methyl sites for hydroxylation is 2. The average molecular weight is 370 g/mol. The second kappa shape index (κ2) is 6.24. The molecule has 2 heterocycles. The Kier molecular flexibility index (Phi) is 4.22. The average Bonchev–Trinajstić information content (AvgIpc) is 2.94. The first-order valence-electron chi connectivity index (χ1n) is 7.17. The van der Waals surface area contributed by atoms with Gasteiger partial charge in [-0.05, 0) is 13.8 Å². The van der Waals surface area contributed by atoms with Gasteiger partial charge in [-0.25, -0.2) is 17.6 Å². The number of benzene rings is 1. The molecule has 136 valence electrons. The number of carbonyl (C=O) groups excluding carboxylic acids is 1. The van der Waals surface area contributed by atoms with E-state index in [2.05, 4.69) is 10.1 Å². The third kappa shape index (κ3) is 2.80. The second-order valence-electron chi connectivity index (χ2n) is 5.39. The lowest BCUT2D eigenvalue weighted by atomic mass is 10.2. The van der Waals surface area contributed by atoms with Gasteiger partial charge in [-0.1, -0.05) is 5.16 Å². The third-order valence-electron chi connectivity index (χ3n) is 3.64. The summed E-state index contributed by atoms with van der Waals surface area (Å²) in [5.41, 5.74) is -1.72. The molecule has 0 bridgehead atoms. The fraction of sp³-hybridized carbons (Fsp3) is 0.200. The van der Waals surface area contributed by atoms with E-state index in [0.29, 0.717) is 0 Å². The largest absolute Gasteiger partial charge is 0.335 e. The number of fused-ring (bicyclic) bond motifs is 1. The molecule has 26 heavy (non-hydrogen) atoms. The Labute approximate surface area is 142 Å². The van der Waals surface area contributed by atoms with Crippen LogP contribution in [0.3, 0.4) is 0 Å². The molecule has 0 aliphatic carbocycles. The number of hydrogen-bond donors (Lipinski definition) is 1. The predicted molar refractivity (Wildman–Crippen MR) is 80.4 cm³/mol. The number of nitrogens with zero attached hydrogens (tertiary/aromatic N) is 3. The number of carbonyl (C=O) groups is 1. The van der Waals surface area contributed by atoms with E-state index in [-0.39, 0.29) is 28.7 Å². The van der Waals surface area contributed by atoms with E-state index in [1.54, 1.807) is 5.32 Å². The monoisotopic (exact) mass is 370 g/mol. The van der Waals surface area contributed by atoms with E-state index in [9.17, 15) is 27.2 Å². The minimum atomic E-state index is -1.76. The van der Waals surface area contributed by atoms with Crippen LogP contribution in [0, 0.1) is 37.1 Å². The van der Waals surface area contributed by atoms with Crippen molar-refractivity contribution in [1.29, 1.82) is 0 Å². The minimum Gasteiger partial charge on any atom is -0.335 e. The summed E-state index contributed by atoms with van der Waals surface area (Å²) in [7, 11) is 0. The van der Waals surface area contributed by atoms with Crippen LogP contribution in [0.25, 0.3) is 11.1 Å². The van der Waals surface area contributed by atoms with E-state index in [1.165, 1.54) is 13.8 Å². The van der Waals surface area contributed by atoms with Gasteiger partial charge < -0.3 is 9.84 Å². The van der Waals surface area contributed by atoms with Crippen LogP contribution in [0.4, 0.5) is 23.2 Å². The molecule has 0 atom stereocenters. The minimum absolute atomic E-state index is 0.0154. The van der Waals surface area contributed by atoms with Crippen LogP contribution in [-0.2, 0) is 11.3 Å². The molecule has 1 aromatic carbocycles. The summed E-state index contributed by atoms with van der Waals surface area (Å²) in [5, 5.41) is 5.36. The van der Waals surface area contributed by atoms with Gasteiger partial charge in [0.2, 0.25) is 5.91 Å². The number of amides is 1. The van der Waals surface area contributed by atoms with E-state index >= 15 is 0 Å². The topological polar surface area (TPSA) is 90.0 Å². The number of halogens is 4. The van der Waals surface area contributed by atoms with Crippen LogP contribution >= 0.6 is 0 Å². The van der Waals surface area contributed by atoms with E-state index in [4.69, 9.17) is 4.52 Å². The fourth-order valence-corrected chi connectivity index (χ4v) is 2.36. The summed E-state index contributed by atoms with van der Waals surface area (Å²) in [4.78, 5) is 28.5. The van der Waals surface area contributed by atoms with Crippen molar-refractivity contribution in [1.82, 2.24) is 14.7 Å². The standard InChI is InChI=1S/C15H10F4N4O3/c1-5-10-14(26-22-5)20-6(2)23(15(10)25)4-9(24)21-13-11(18)7(16)3-8(17)12(13)19/h3H,4H2,1-2H3,(H,21,24). The Morgan fingerprint density at radius 2 is 1.81 bits per heavy atom. The predicted octanol–water partition coefficient (Wildman–Crippen LogP) is 2.20. The van der Waals surface area contributed by atoms with Crippen molar-refractivity contribution in [2.45, 2.75) is 20.4 Å². The van der Waals surface area contributed by atoms with Crippen LogP contribution in [0.15, 0.2) is 15.4 Å². The second-order valence-corrected chi connectivity index (χ2v) is 5.39. The highest BCUT2D eigenvalue weighted by molar-refractivity contribution is 5.91. The van der Waals surface area contributed by atoms with Crippen molar-refractivity contribution in [3.63, 3.8) is 0 Å². The van der Waals surface area contributed by atoms with Crippen molar-refractivity contribution >= 4 is 22.7 Å². The molecular weight excluding hydrogens is 360 g/mol. The summed E-state index contributed by atoms with van der Waals surface area (Å²) in [6.45, 7) is 2.19. The molecule has 3 rings (SSSR count). The van der Waals surface area contributed by atoms with Gasteiger partial charge in [0.05, 0.1) is 5.69 Å². The Morgan fingerprint density at radius 3 is 2.42 bits per heavy atom. The summed E-state index contributed by atoms with van der Waals surface area (Å²) in [6.07, 6.45) is 0. The van der Waals surface area contributed by atoms with Crippen LogP contribution < -0.4 is 10.9 Å². The van der Waals surface area contributed by atoms with Crippen molar-refractivity contribution in [3.8, 4) is 0 Å². The highest BCUT2D eigenvalue weighted by Gasteiger charge is 2.22. The Morgan fingerprint density at radius 1 is 1.19 bits per heavy atom. The molecule has 0 aliphatic rings. The normalized spacial score (nSPS) is 11.2. The number of nitrogens with one attached hydrogen (secondary N) is 1. The molecule has 0 fully saturated rings. The molecule has 3 aromatic rings. The Balaban J connectivity index is 1.96. The van der Waals surface area contributed by atoms with Crippen LogP contribution in [0.5, 0.6) is 0 Å². The fourth-order valence-electron chi connectivity index (χ4n) is 2.36. The molecule has 0 unspecified atom stereocenters. The summed E-state index contributed by atoms with van der Waals surface area (Å²) < 4.78 is 59.4. The molecule has 2 aromatic heterocycles. The van der Waals surface area contributed by atoms with Gasteiger partial charge in [-0.2, -0.15) is 4.98 Å². The molecule has 0 saturated heterocycles. The molecule has 0 saturated carbocycles. The molecular formula is C15H10F4N4O3. The maximum Gasteiger partial charge on any atom is 0.267 e. The lowest BCUT2D eigenvalue weighted by molar-refractivity contribution is -0.116. The highest BCUT2D eigenvalue weighted by atomic mass is 19.2. The van der Waals surface area contributed by atoms with Crippen LogP contribution in [-0.4, -0.2) is 20.6 Å². The number of aromatic nitrogens is 3. The van der Waals surface area contributed by atoms with Gasteiger partial charge in [-0.15, -0.1) is 0 Å². The van der Waals surface area contributed by atoms with Gasteiger partial charge in [0, 0.05) is 6.07 Å². The zero-order chi connectivity index (χ0) is 19.2. The SMILES string of the molecule is Cc1noc2nc(C)n(CC(=O)Nc3c(F)c(F)cc(F)c3F)c(=O)c12. The summed E-state index contributed by atoms with van der Waals surface area (Å²) in [6, 6.07) is 0.0154. The molecule has 7 nitrogen and oxygen atoms in total. The maximum atomic E-state index is 13.6. The molecule has 11 heteroatoms. The Bertz CT molecular complexity index is 1080. The molecule has 1 N–H and O–H groups in total. The van der Waals surface area contributed by atoms with E-state index in [1.807, 2.05) is 0 Å². The van der Waals surface area contributed by atoms with Gasteiger partial charge in [0.1, 0.15) is 23.4 Å². The van der Waals surface area contributed by atoms with E-state index < -0.39 is 47.0 Å². The zero-order valence-electron chi connectivity index (χ0n) is 13.4. The number of hydrogen-bond acceptors (Lipinski definition) is 5. The highest BCUT2D eigenvalue weighted by Crippen LogP contribution is 2.24. The molecule has 1 amide bonds. The summed E-state index contributed by atoms with van der Waals surface area (Å²) >= 11 is 0. The summed E-state index contributed by atoms with van der Waals surface area (Å²) in [5.74, 6) is -7.88. The van der Waals surface area contributed by atoms with Gasteiger partial charge in [0.15, 0.2) is 23.3 Å². The van der Waals surface area contributed by atoms with Crippen molar-refractivity contribution in [3.05, 3.63) is 51.2 Å². The maximum absolute atomic E-state index is 13.6. The smallest absolute Gasteiger partial charge is 0.267 e. The first-order chi connectivity index (χ1) is 12.2. The molecule has 0 aliphatic heterocycles. The van der Waals surface area contributed by atoms with Crippen LogP contribution in [0.2, 0.25) is 0 Å². The number of anilines is 1. The van der Waals surface area contributed by atoms with Gasteiger partial charge in [0.25, 0.3) is 11.3 Å². The van der Waals surface area contributed by atoms with E-state index in [0.717, 1.165) is 4.57 Å². The van der Waals surface area contributed by atoms with Crippen molar-refractivity contribution in [2.24, 2.45) is 0 Å². The quantitative estimate of drug-likeness (QED) is 0.564. The lowest BCUT2D eigenvalue weighted by Gasteiger charge is -2.11. The zero-order valence-corrected chi connectivity index (χ0v) is 13.4. The first kappa shape index (κ1) is 17.6. The van der Waals surface area contributed by atoms with Crippen molar-refractivity contribution < 1.29 is 26.9 Å². The van der Waals surface area contributed by atoms with Gasteiger partial charge >= 0.3 is 0 Å². The Hall–Kier alpha value is -3.24. The van der Waals surface area contributed by atoms with Crippen molar-refractivity contribution in [2.75, 3.05) is 5.32 Å². The first-order valence-corrected chi connectivity index (χ1v) is 7.17.